The van der Waals surface area contributed by atoms with Gasteiger partial charge in [-0.1, -0.05) is 23.9 Å². The summed E-state index contributed by atoms with van der Waals surface area (Å²) in [5, 5.41) is 9.02. The lowest BCUT2D eigenvalue weighted by atomic mass is 10.4. The third-order valence-electron chi connectivity index (χ3n) is 2.58. The Morgan fingerprint density at radius 3 is 2.62 bits per heavy atom. The molecule has 6 nitrogen and oxygen atoms in total. The highest BCUT2D eigenvalue weighted by molar-refractivity contribution is 8.01. The van der Waals surface area contributed by atoms with Gasteiger partial charge in [0.1, 0.15) is 4.88 Å². The highest BCUT2D eigenvalue weighted by atomic mass is 32.2. The summed E-state index contributed by atoms with van der Waals surface area (Å²) in [6, 6.07) is 6.50. The van der Waals surface area contributed by atoms with Crippen LogP contribution in [0.2, 0.25) is 0 Å². The number of rotatable bonds is 5. The average molecular weight is 344 g/mol. The molecule has 112 valence electrons. The maximum atomic E-state index is 12.0. The fourth-order valence-electron chi connectivity index (χ4n) is 1.57. The molecule has 0 aliphatic rings. The third kappa shape index (κ3) is 3.43. The summed E-state index contributed by atoms with van der Waals surface area (Å²) >= 11 is 2.16. The summed E-state index contributed by atoms with van der Waals surface area (Å²) in [4.78, 5) is 16.0. The SMILES string of the molecule is CNS(=O)(=O)c1ccccc1Sc1nc(C)c(C(=O)O)s1. The first kappa shape index (κ1) is 16.0. The van der Waals surface area contributed by atoms with Crippen molar-refractivity contribution in [2.75, 3.05) is 7.05 Å². The van der Waals surface area contributed by atoms with Gasteiger partial charge in [0.2, 0.25) is 10.0 Å². The molecule has 0 radical (unpaired) electrons. The molecule has 0 spiro atoms. The summed E-state index contributed by atoms with van der Waals surface area (Å²) in [5.74, 6) is -1.03. The van der Waals surface area contributed by atoms with Gasteiger partial charge in [-0.05, 0) is 26.1 Å². The van der Waals surface area contributed by atoms with Crippen molar-refractivity contribution in [3.8, 4) is 0 Å². The van der Waals surface area contributed by atoms with Gasteiger partial charge in [0.05, 0.1) is 10.6 Å². The number of benzene rings is 1. The molecule has 0 saturated heterocycles. The monoisotopic (exact) mass is 344 g/mol. The Balaban J connectivity index is 2.41. The molecule has 0 aliphatic heterocycles. The van der Waals surface area contributed by atoms with E-state index in [0.717, 1.165) is 23.1 Å². The minimum absolute atomic E-state index is 0.141. The van der Waals surface area contributed by atoms with Crippen molar-refractivity contribution in [1.82, 2.24) is 9.71 Å². The molecular formula is C12H12N2O4S3. The zero-order chi connectivity index (χ0) is 15.6. The maximum Gasteiger partial charge on any atom is 0.347 e. The second-order valence-corrected chi connectivity index (χ2v) is 8.10. The number of aromatic nitrogens is 1. The van der Waals surface area contributed by atoms with Crippen LogP contribution in [0.25, 0.3) is 0 Å². The Labute approximate surface area is 130 Å². The van der Waals surface area contributed by atoms with Gasteiger partial charge < -0.3 is 5.11 Å². The van der Waals surface area contributed by atoms with E-state index in [0.29, 0.717) is 14.9 Å². The first-order valence-corrected chi connectivity index (χ1v) is 8.88. The molecule has 0 saturated carbocycles. The molecule has 0 bridgehead atoms. The van der Waals surface area contributed by atoms with Crippen molar-refractivity contribution in [2.45, 2.75) is 21.1 Å². The van der Waals surface area contributed by atoms with Crippen molar-refractivity contribution in [1.29, 1.82) is 0 Å². The van der Waals surface area contributed by atoms with Crippen LogP contribution in [0, 0.1) is 6.92 Å². The number of aromatic carboxylic acids is 1. The number of carboxylic acids is 1. The second kappa shape index (κ2) is 6.14. The van der Waals surface area contributed by atoms with Crippen molar-refractivity contribution in [2.24, 2.45) is 0 Å². The van der Waals surface area contributed by atoms with Crippen LogP contribution in [-0.2, 0) is 10.0 Å². The normalized spacial score (nSPS) is 11.5. The third-order valence-corrected chi connectivity index (χ3v) is 6.46. The van der Waals surface area contributed by atoms with E-state index in [1.54, 1.807) is 25.1 Å². The van der Waals surface area contributed by atoms with Crippen LogP contribution in [0.1, 0.15) is 15.4 Å². The Kier molecular flexibility index (Phi) is 4.67. The predicted molar refractivity (Wildman–Crippen MR) is 80.6 cm³/mol. The molecule has 0 atom stereocenters. The topological polar surface area (TPSA) is 96.4 Å². The van der Waals surface area contributed by atoms with Crippen LogP contribution in [-0.4, -0.2) is 31.5 Å². The first-order chi connectivity index (χ1) is 9.85. The zero-order valence-corrected chi connectivity index (χ0v) is 13.6. The van der Waals surface area contributed by atoms with Crippen molar-refractivity contribution < 1.29 is 18.3 Å². The number of sulfonamides is 1. The van der Waals surface area contributed by atoms with E-state index in [4.69, 9.17) is 5.11 Å². The largest absolute Gasteiger partial charge is 0.477 e. The van der Waals surface area contributed by atoms with E-state index in [-0.39, 0.29) is 9.77 Å². The van der Waals surface area contributed by atoms with E-state index < -0.39 is 16.0 Å². The average Bonchev–Trinajstić information content (AvgIpc) is 2.80. The molecule has 1 aromatic heterocycles. The predicted octanol–water partition coefficient (Wildman–Crippen LogP) is 2.21. The van der Waals surface area contributed by atoms with Crippen LogP contribution in [0.5, 0.6) is 0 Å². The van der Waals surface area contributed by atoms with Gasteiger partial charge in [0, 0.05) is 4.90 Å². The van der Waals surface area contributed by atoms with Crippen LogP contribution < -0.4 is 4.72 Å². The number of thiazole rings is 1. The van der Waals surface area contributed by atoms with E-state index >= 15 is 0 Å². The minimum atomic E-state index is -3.58. The number of carboxylic acid groups (broad SMARTS) is 1. The Morgan fingerprint density at radius 1 is 1.38 bits per heavy atom. The Hall–Kier alpha value is -1.42. The minimum Gasteiger partial charge on any atom is -0.477 e. The van der Waals surface area contributed by atoms with Gasteiger partial charge in [0.25, 0.3) is 0 Å². The fourth-order valence-corrected chi connectivity index (χ4v) is 4.85. The Bertz CT molecular complexity index is 784. The van der Waals surface area contributed by atoms with Gasteiger partial charge in [-0.2, -0.15) is 0 Å². The van der Waals surface area contributed by atoms with E-state index in [1.807, 2.05) is 0 Å². The molecule has 21 heavy (non-hydrogen) atoms. The second-order valence-electron chi connectivity index (χ2n) is 3.96. The van der Waals surface area contributed by atoms with E-state index in [1.165, 1.54) is 13.1 Å². The zero-order valence-electron chi connectivity index (χ0n) is 11.2. The molecule has 9 heteroatoms. The molecule has 1 heterocycles. The molecular weight excluding hydrogens is 332 g/mol. The number of carbonyl (C=O) groups is 1. The van der Waals surface area contributed by atoms with Crippen molar-refractivity contribution in [3.63, 3.8) is 0 Å². The van der Waals surface area contributed by atoms with Crippen LogP contribution >= 0.6 is 23.1 Å². The van der Waals surface area contributed by atoms with Gasteiger partial charge >= 0.3 is 5.97 Å². The van der Waals surface area contributed by atoms with Crippen molar-refractivity contribution in [3.05, 3.63) is 34.8 Å². The molecule has 1 aromatic carbocycles. The number of nitrogens with zero attached hydrogens (tertiary/aromatic N) is 1. The lowest BCUT2D eigenvalue weighted by Crippen LogP contribution is -2.19. The molecule has 0 amide bonds. The number of nitrogens with one attached hydrogen (secondary N) is 1. The summed E-state index contributed by atoms with van der Waals surface area (Å²) in [7, 11) is -2.24. The van der Waals surface area contributed by atoms with Crippen molar-refractivity contribution >= 4 is 39.1 Å². The summed E-state index contributed by atoms with van der Waals surface area (Å²) < 4.78 is 26.7. The quantitative estimate of drug-likeness (QED) is 0.863. The van der Waals surface area contributed by atoms with Crippen LogP contribution in [0.15, 0.2) is 38.4 Å². The molecule has 0 aliphatic carbocycles. The van der Waals surface area contributed by atoms with Gasteiger partial charge in [-0.3, -0.25) is 0 Å². The molecule has 2 rings (SSSR count). The number of hydrogen-bond acceptors (Lipinski definition) is 6. The molecule has 0 unspecified atom stereocenters. The first-order valence-electron chi connectivity index (χ1n) is 5.76. The summed E-state index contributed by atoms with van der Waals surface area (Å²) in [5.41, 5.74) is 0.420. The van der Waals surface area contributed by atoms with E-state index in [2.05, 4.69) is 9.71 Å². The van der Waals surface area contributed by atoms with Gasteiger partial charge in [0.15, 0.2) is 4.34 Å². The standard InChI is InChI=1S/C12H12N2O4S3/c1-7-10(11(15)16)20-12(14-7)19-8-5-3-4-6-9(8)21(17,18)13-2/h3-6,13H,1-2H3,(H,15,16). The summed E-state index contributed by atoms with van der Waals surface area (Å²) in [6.45, 7) is 1.61. The van der Waals surface area contributed by atoms with Crippen LogP contribution in [0.3, 0.4) is 0 Å². The lowest BCUT2D eigenvalue weighted by molar-refractivity contribution is 0.0701. The van der Waals surface area contributed by atoms with Gasteiger partial charge in [-0.15, -0.1) is 11.3 Å². The summed E-state index contributed by atoms with van der Waals surface area (Å²) in [6.07, 6.45) is 0. The highest BCUT2D eigenvalue weighted by Gasteiger charge is 2.19. The molecule has 0 fully saturated rings. The van der Waals surface area contributed by atoms with Gasteiger partial charge in [-0.25, -0.2) is 22.9 Å². The highest BCUT2D eigenvalue weighted by Crippen LogP contribution is 2.36. The van der Waals surface area contributed by atoms with E-state index in [9.17, 15) is 13.2 Å². The molecule has 2 aromatic rings. The number of aryl methyl sites for hydroxylation is 1. The maximum absolute atomic E-state index is 12.0. The fraction of sp³-hybridized carbons (Fsp3) is 0.167. The smallest absolute Gasteiger partial charge is 0.347 e. The Morgan fingerprint density at radius 2 is 2.05 bits per heavy atom. The molecule has 2 N–H and O–H groups in total. The number of hydrogen-bond donors (Lipinski definition) is 2. The lowest BCUT2D eigenvalue weighted by Gasteiger charge is -2.07. The van der Waals surface area contributed by atoms with Crippen LogP contribution in [0.4, 0.5) is 0 Å².